The third kappa shape index (κ3) is 4.20. The summed E-state index contributed by atoms with van der Waals surface area (Å²) >= 11 is 6.32. The van der Waals surface area contributed by atoms with Crippen LogP contribution in [-0.2, 0) is 4.79 Å². The average molecular weight is 409 g/mol. The molecule has 108 valence electrons. The molecule has 9 heteroatoms. The van der Waals surface area contributed by atoms with Crippen LogP contribution in [-0.4, -0.2) is 29.1 Å². The van der Waals surface area contributed by atoms with E-state index in [0.29, 0.717) is 8.95 Å². The number of amides is 3. The molecule has 0 fully saturated rings. The van der Waals surface area contributed by atoms with Crippen molar-refractivity contribution in [1.29, 1.82) is 0 Å². The predicted molar refractivity (Wildman–Crippen MR) is 79.6 cm³/mol. The highest BCUT2D eigenvalue weighted by Gasteiger charge is 2.18. The lowest BCUT2D eigenvalue weighted by atomic mass is 10.2. The van der Waals surface area contributed by atoms with Crippen LogP contribution in [0.25, 0.3) is 0 Å². The van der Waals surface area contributed by atoms with Gasteiger partial charge in [0.05, 0.1) is 11.3 Å². The quantitative estimate of drug-likeness (QED) is 0.607. The van der Waals surface area contributed by atoms with Gasteiger partial charge in [0, 0.05) is 8.95 Å². The zero-order valence-corrected chi connectivity index (χ0v) is 13.4. The fourth-order valence-electron chi connectivity index (χ4n) is 1.29. The number of carboxylic acids is 1. The Hall–Kier alpha value is -1.61. The Balaban J connectivity index is 3.00. The SMILES string of the molecule is CC(NC(=O)Nc1c(Br)cc(Br)cc1C(=O)O)C(N)=O. The first-order valence-corrected chi connectivity index (χ1v) is 6.90. The van der Waals surface area contributed by atoms with E-state index in [9.17, 15) is 14.4 Å². The van der Waals surface area contributed by atoms with Gasteiger partial charge in [-0.05, 0) is 35.0 Å². The predicted octanol–water partition coefficient (Wildman–Crippen LogP) is 1.91. The van der Waals surface area contributed by atoms with Gasteiger partial charge in [-0.3, -0.25) is 4.79 Å². The number of primary amides is 1. The van der Waals surface area contributed by atoms with Crippen molar-refractivity contribution in [2.45, 2.75) is 13.0 Å². The van der Waals surface area contributed by atoms with Gasteiger partial charge in [-0.15, -0.1) is 0 Å². The van der Waals surface area contributed by atoms with Crippen molar-refractivity contribution in [3.8, 4) is 0 Å². The number of halogens is 2. The van der Waals surface area contributed by atoms with Crippen molar-refractivity contribution in [1.82, 2.24) is 5.32 Å². The van der Waals surface area contributed by atoms with E-state index in [1.54, 1.807) is 6.07 Å². The van der Waals surface area contributed by atoms with E-state index in [2.05, 4.69) is 42.5 Å². The Morgan fingerprint density at radius 1 is 1.30 bits per heavy atom. The number of aromatic carboxylic acids is 1. The van der Waals surface area contributed by atoms with Crippen LogP contribution in [0.4, 0.5) is 10.5 Å². The van der Waals surface area contributed by atoms with Crippen LogP contribution in [0.3, 0.4) is 0 Å². The maximum Gasteiger partial charge on any atom is 0.337 e. The summed E-state index contributed by atoms with van der Waals surface area (Å²) in [4.78, 5) is 33.7. The third-order valence-corrected chi connectivity index (χ3v) is 3.38. The van der Waals surface area contributed by atoms with Gasteiger partial charge in [0.2, 0.25) is 5.91 Å². The summed E-state index contributed by atoms with van der Waals surface area (Å²) in [7, 11) is 0. The van der Waals surface area contributed by atoms with Gasteiger partial charge < -0.3 is 21.5 Å². The van der Waals surface area contributed by atoms with Gasteiger partial charge in [-0.1, -0.05) is 15.9 Å². The molecule has 0 radical (unpaired) electrons. The minimum absolute atomic E-state index is 0.0786. The number of urea groups is 1. The lowest BCUT2D eigenvalue weighted by molar-refractivity contribution is -0.119. The van der Waals surface area contributed by atoms with E-state index in [0.717, 1.165) is 0 Å². The number of carboxylic acid groups (broad SMARTS) is 1. The van der Waals surface area contributed by atoms with E-state index < -0.39 is 23.9 Å². The average Bonchev–Trinajstić information content (AvgIpc) is 2.31. The minimum Gasteiger partial charge on any atom is -0.478 e. The summed E-state index contributed by atoms with van der Waals surface area (Å²) in [6, 6.07) is 1.32. The number of hydrogen-bond donors (Lipinski definition) is 4. The van der Waals surface area contributed by atoms with Crippen molar-refractivity contribution in [3.63, 3.8) is 0 Å². The van der Waals surface area contributed by atoms with Crippen molar-refractivity contribution in [2.24, 2.45) is 5.73 Å². The number of carbonyl (C=O) groups is 3. The second kappa shape index (κ2) is 6.71. The number of rotatable bonds is 4. The number of anilines is 1. The molecule has 1 atom stereocenters. The van der Waals surface area contributed by atoms with Crippen LogP contribution >= 0.6 is 31.9 Å². The van der Waals surface area contributed by atoms with E-state index in [4.69, 9.17) is 10.8 Å². The van der Waals surface area contributed by atoms with Crippen LogP contribution < -0.4 is 16.4 Å². The van der Waals surface area contributed by atoms with Crippen LogP contribution in [0.2, 0.25) is 0 Å². The van der Waals surface area contributed by atoms with Gasteiger partial charge in [-0.25, -0.2) is 9.59 Å². The zero-order valence-electron chi connectivity index (χ0n) is 10.2. The maximum absolute atomic E-state index is 11.7. The Morgan fingerprint density at radius 3 is 2.40 bits per heavy atom. The van der Waals surface area contributed by atoms with Crippen LogP contribution in [0.1, 0.15) is 17.3 Å². The molecule has 0 bridgehead atoms. The molecule has 1 unspecified atom stereocenters. The smallest absolute Gasteiger partial charge is 0.337 e. The van der Waals surface area contributed by atoms with Gasteiger partial charge in [0.15, 0.2) is 0 Å². The monoisotopic (exact) mass is 407 g/mol. The standard InChI is InChI=1S/C11H11Br2N3O4/c1-4(9(14)17)15-11(20)16-8-6(10(18)19)2-5(12)3-7(8)13/h2-4H,1H3,(H2,14,17)(H,18,19)(H2,15,16,20). The normalized spacial score (nSPS) is 11.6. The van der Waals surface area contributed by atoms with Crippen LogP contribution in [0.15, 0.2) is 21.1 Å². The Labute approximate surface area is 131 Å². The van der Waals surface area contributed by atoms with Crippen molar-refractivity contribution < 1.29 is 19.5 Å². The number of hydrogen-bond acceptors (Lipinski definition) is 3. The highest BCUT2D eigenvalue weighted by atomic mass is 79.9. The van der Waals surface area contributed by atoms with Gasteiger partial charge in [0.1, 0.15) is 6.04 Å². The maximum atomic E-state index is 11.7. The highest BCUT2D eigenvalue weighted by molar-refractivity contribution is 9.11. The van der Waals surface area contributed by atoms with Crippen molar-refractivity contribution >= 4 is 55.5 Å². The summed E-state index contributed by atoms with van der Waals surface area (Å²) < 4.78 is 0.921. The fourth-order valence-corrected chi connectivity index (χ4v) is 2.61. The first kappa shape index (κ1) is 16.4. The number of nitrogens with two attached hydrogens (primary N) is 1. The topological polar surface area (TPSA) is 122 Å². The molecular formula is C11H11Br2N3O4. The molecule has 1 rings (SSSR count). The molecule has 5 N–H and O–H groups in total. The first-order chi connectivity index (χ1) is 9.22. The lowest BCUT2D eigenvalue weighted by Gasteiger charge is -2.14. The van der Waals surface area contributed by atoms with Gasteiger partial charge in [0.25, 0.3) is 0 Å². The number of nitrogens with one attached hydrogen (secondary N) is 2. The third-order valence-electron chi connectivity index (χ3n) is 2.30. The summed E-state index contributed by atoms with van der Waals surface area (Å²) in [6.07, 6.45) is 0. The van der Waals surface area contributed by atoms with Crippen LogP contribution in [0.5, 0.6) is 0 Å². The molecule has 0 heterocycles. The molecule has 1 aromatic rings. The Bertz CT molecular complexity index is 577. The molecule has 0 saturated heterocycles. The van der Waals surface area contributed by atoms with Gasteiger partial charge >= 0.3 is 12.0 Å². The Kier molecular flexibility index (Phi) is 5.52. The first-order valence-electron chi connectivity index (χ1n) is 5.31. The number of carbonyl (C=O) groups excluding carboxylic acids is 2. The Morgan fingerprint density at radius 2 is 1.90 bits per heavy atom. The summed E-state index contributed by atoms with van der Waals surface area (Å²) in [5, 5.41) is 13.8. The zero-order chi connectivity index (χ0) is 15.4. The minimum atomic E-state index is -1.20. The highest BCUT2D eigenvalue weighted by Crippen LogP contribution is 2.30. The molecule has 7 nitrogen and oxygen atoms in total. The van der Waals surface area contributed by atoms with Crippen molar-refractivity contribution in [3.05, 3.63) is 26.6 Å². The molecule has 0 saturated carbocycles. The molecule has 0 spiro atoms. The number of benzene rings is 1. The molecule has 0 aromatic heterocycles. The fraction of sp³-hybridized carbons (Fsp3) is 0.182. The molecule has 20 heavy (non-hydrogen) atoms. The second-order valence-electron chi connectivity index (χ2n) is 3.84. The summed E-state index contributed by atoms with van der Waals surface area (Å²) in [5.74, 6) is -1.90. The van der Waals surface area contributed by atoms with E-state index in [1.165, 1.54) is 13.0 Å². The largest absolute Gasteiger partial charge is 0.478 e. The van der Waals surface area contributed by atoms with Gasteiger partial charge in [-0.2, -0.15) is 0 Å². The van der Waals surface area contributed by atoms with Crippen molar-refractivity contribution in [2.75, 3.05) is 5.32 Å². The second-order valence-corrected chi connectivity index (χ2v) is 5.61. The summed E-state index contributed by atoms with van der Waals surface area (Å²) in [6.45, 7) is 1.41. The molecule has 0 aliphatic rings. The molecule has 1 aromatic carbocycles. The summed E-state index contributed by atoms with van der Waals surface area (Å²) in [5.41, 5.74) is 4.99. The van der Waals surface area contributed by atoms with E-state index >= 15 is 0 Å². The van der Waals surface area contributed by atoms with Crippen LogP contribution in [0, 0.1) is 0 Å². The van der Waals surface area contributed by atoms with E-state index in [1.807, 2.05) is 0 Å². The molecular weight excluding hydrogens is 398 g/mol. The molecule has 3 amide bonds. The van der Waals surface area contributed by atoms with E-state index in [-0.39, 0.29) is 11.3 Å². The molecule has 0 aliphatic carbocycles. The molecule has 0 aliphatic heterocycles. The lowest BCUT2D eigenvalue weighted by Crippen LogP contribution is -2.44.